The number of carbonyl (C=O) groups is 5. The van der Waals surface area contributed by atoms with Crippen LogP contribution >= 0.6 is 0 Å². The van der Waals surface area contributed by atoms with Crippen molar-refractivity contribution in [3.63, 3.8) is 0 Å². The number of aliphatic carboxylic acids is 1. The molecule has 2 aliphatic rings. The van der Waals surface area contributed by atoms with E-state index in [2.05, 4.69) is 0 Å². The molecule has 15 nitrogen and oxygen atoms in total. The van der Waals surface area contributed by atoms with Gasteiger partial charge < -0.3 is 29.1 Å². The number of carboxylic acids is 1. The number of hydrogen-bond donors (Lipinski definition) is 1. The second kappa shape index (κ2) is 17.6. The van der Waals surface area contributed by atoms with Gasteiger partial charge in [0.2, 0.25) is 0 Å². The molecule has 51 heavy (non-hydrogen) atoms. The van der Waals surface area contributed by atoms with Gasteiger partial charge >= 0.3 is 24.1 Å². The highest BCUT2D eigenvalue weighted by Gasteiger charge is 2.38. The van der Waals surface area contributed by atoms with Crippen molar-refractivity contribution in [3.05, 3.63) is 59.7 Å². The Morgan fingerprint density at radius 1 is 0.706 bits per heavy atom. The summed E-state index contributed by atoms with van der Waals surface area (Å²) in [6.07, 6.45) is 2.27. The van der Waals surface area contributed by atoms with Gasteiger partial charge in [0.15, 0.2) is 19.7 Å². The maximum Gasteiger partial charge on any atom is 0.409 e. The van der Waals surface area contributed by atoms with Gasteiger partial charge in [-0.2, -0.15) is 0 Å². The van der Waals surface area contributed by atoms with Crippen molar-refractivity contribution in [2.45, 2.75) is 60.9 Å². The summed E-state index contributed by atoms with van der Waals surface area (Å²) in [6.45, 7) is 2.46. The normalized spacial score (nSPS) is 20.6. The molecule has 0 bridgehead atoms. The summed E-state index contributed by atoms with van der Waals surface area (Å²) < 4.78 is 60.8. The van der Waals surface area contributed by atoms with E-state index < -0.39 is 67.7 Å². The van der Waals surface area contributed by atoms with Crippen molar-refractivity contribution in [2.75, 3.05) is 46.4 Å². The van der Waals surface area contributed by atoms with Gasteiger partial charge in [-0.15, -0.1) is 0 Å². The monoisotopic (exact) mass is 752 g/mol. The minimum Gasteiger partial charge on any atom is -0.481 e. The van der Waals surface area contributed by atoms with Crippen molar-refractivity contribution in [1.82, 2.24) is 9.80 Å². The molecule has 2 aliphatic heterocycles. The molecule has 0 aliphatic carbocycles. The Morgan fingerprint density at radius 3 is 1.45 bits per heavy atom. The number of Topliss-reactive ketones (excluding diaryl/α,β-unsaturated/α-hetero) is 1. The zero-order chi connectivity index (χ0) is 38.1. The third kappa shape index (κ3) is 11.0. The maximum atomic E-state index is 12.5. The maximum absolute atomic E-state index is 12.5. The highest BCUT2D eigenvalue weighted by Crippen LogP contribution is 2.37. The molecule has 2 saturated heterocycles. The number of carboxylic acid groups (broad SMARTS) is 1. The van der Waals surface area contributed by atoms with E-state index in [1.165, 1.54) is 48.3 Å². The van der Waals surface area contributed by atoms with Crippen LogP contribution in [-0.2, 0) is 48.3 Å². The Morgan fingerprint density at radius 2 is 1.10 bits per heavy atom. The molecular weight excluding hydrogens is 709 g/mol. The second-order valence-electron chi connectivity index (χ2n) is 12.3. The third-order valence-corrected chi connectivity index (χ3v) is 11.1. The van der Waals surface area contributed by atoms with Crippen molar-refractivity contribution >= 4 is 49.6 Å². The van der Waals surface area contributed by atoms with Crippen LogP contribution in [0.25, 0.3) is 0 Å². The molecule has 0 spiro atoms. The van der Waals surface area contributed by atoms with Crippen molar-refractivity contribution in [2.24, 2.45) is 11.8 Å². The molecule has 0 aromatic heterocycles. The van der Waals surface area contributed by atoms with E-state index in [4.69, 9.17) is 14.2 Å². The van der Waals surface area contributed by atoms with Gasteiger partial charge in [0.1, 0.15) is 12.2 Å². The summed E-state index contributed by atoms with van der Waals surface area (Å²) in [4.78, 5) is 62.8. The van der Waals surface area contributed by atoms with Crippen LogP contribution in [0.15, 0.2) is 58.3 Å². The number of ketones is 1. The fourth-order valence-corrected chi connectivity index (χ4v) is 7.38. The van der Waals surface area contributed by atoms with Crippen LogP contribution < -0.4 is 0 Å². The number of ether oxygens (including phenoxy) is 3. The number of nitrogens with zero attached hydrogens (tertiary/aromatic N) is 2. The van der Waals surface area contributed by atoms with E-state index in [1.54, 1.807) is 31.2 Å². The van der Waals surface area contributed by atoms with E-state index in [0.29, 0.717) is 36.9 Å². The number of hydrogen-bond acceptors (Lipinski definition) is 12. The van der Waals surface area contributed by atoms with E-state index in [0.717, 1.165) is 12.5 Å². The molecule has 2 fully saturated rings. The quantitative estimate of drug-likeness (QED) is 0.220. The van der Waals surface area contributed by atoms with Crippen LogP contribution in [0.2, 0.25) is 0 Å². The summed E-state index contributed by atoms with van der Waals surface area (Å²) in [7, 11) is -4.09. The Labute approximate surface area is 297 Å². The largest absolute Gasteiger partial charge is 0.481 e. The molecule has 2 aromatic carbocycles. The van der Waals surface area contributed by atoms with Gasteiger partial charge in [0, 0.05) is 31.5 Å². The highest BCUT2D eigenvalue weighted by molar-refractivity contribution is 7.91. The smallest absolute Gasteiger partial charge is 0.409 e. The topological polar surface area (TPSA) is 208 Å². The number of rotatable bonds is 9. The van der Waals surface area contributed by atoms with Gasteiger partial charge in [-0.3, -0.25) is 14.4 Å². The first kappa shape index (κ1) is 40.9. The number of piperidine rings is 2. The van der Waals surface area contributed by atoms with Crippen LogP contribution in [0.4, 0.5) is 9.59 Å². The minimum atomic E-state index is -3.34. The Kier molecular flexibility index (Phi) is 14.1. The summed E-state index contributed by atoms with van der Waals surface area (Å²) in [5.41, 5.74) is 1.39. The zero-order valence-electron chi connectivity index (χ0n) is 29.1. The molecule has 17 heteroatoms. The van der Waals surface area contributed by atoms with E-state index in [-0.39, 0.29) is 41.6 Å². The number of carbonyl (C=O) groups excluding carboxylic acids is 4. The molecule has 2 aromatic rings. The summed E-state index contributed by atoms with van der Waals surface area (Å²) in [5.74, 6) is -2.62. The summed E-state index contributed by atoms with van der Waals surface area (Å²) in [5, 5.41) is 9.22. The lowest BCUT2D eigenvalue weighted by Crippen LogP contribution is -2.43. The molecule has 2 amide bonds. The van der Waals surface area contributed by atoms with E-state index >= 15 is 0 Å². The summed E-state index contributed by atoms with van der Waals surface area (Å²) in [6, 6.07) is 11.5. The predicted molar refractivity (Wildman–Crippen MR) is 182 cm³/mol. The van der Waals surface area contributed by atoms with Crippen LogP contribution in [0.3, 0.4) is 0 Å². The molecule has 4 rings (SSSR count). The van der Waals surface area contributed by atoms with Crippen LogP contribution in [0, 0.1) is 11.8 Å². The van der Waals surface area contributed by atoms with Crippen molar-refractivity contribution in [1.29, 1.82) is 0 Å². The summed E-state index contributed by atoms with van der Waals surface area (Å²) >= 11 is 0. The SMILES string of the molecule is CCOC(=O)CC(=O)[C@@H]1CCN(C(=O)OC)[C@H](c2ccc(S(C)(=O)=O)cc2)C1.COC(=O)N1CCC(C(=O)O)CC1c1ccc(S(C)(=O)=O)cc1. The number of esters is 1. The molecule has 1 N–H and O–H groups in total. The first-order valence-electron chi connectivity index (χ1n) is 16.1. The average Bonchev–Trinajstić information content (AvgIpc) is 3.10. The molecule has 0 radical (unpaired) electrons. The van der Waals surface area contributed by atoms with Crippen molar-refractivity contribution in [3.8, 4) is 0 Å². The lowest BCUT2D eigenvalue weighted by atomic mass is 9.84. The van der Waals surface area contributed by atoms with Crippen LogP contribution in [0.5, 0.6) is 0 Å². The van der Waals surface area contributed by atoms with Gasteiger partial charge in [-0.1, -0.05) is 24.3 Å². The van der Waals surface area contributed by atoms with Gasteiger partial charge in [-0.25, -0.2) is 26.4 Å². The Hall–Kier alpha value is -4.51. The molecular formula is C34H44N2O13S2. The number of benzene rings is 2. The third-order valence-electron chi connectivity index (χ3n) is 8.84. The standard InChI is InChI=1S/C19H25NO7S.C15H19NO6S/c1-4-27-18(22)12-17(21)14-9-10-20(19(23)26-2)16(11-14)13-5-7-15(8-6-13)28(3,24)25;1-22-15(19)16-8-7-11(14(17)18)9-13(16)10-3-5-12(6-4-10)23(2,20)21/h5-8,14,16H,4,9-12H2,1-3H3;3-6,11,13H,7-9H2,1-2H3,(H,17,18)/t14-,16+;/m1./s1. The molecule has 2 heterocycles. The van der Waals surface area contributed by atoms with E-state index in [9.17, 15) is 45.9 Å². The average molecular weight is 753 g/mol. The first-order chi connectivity index (χ1) is 23.9. The lowest BCUT2D eigenvalue weighted by Gasteiger charge is -2.38. The lowest BCUT2D eigenvalue weighted by molar-refractivity contribution is -0.147. The fourth-order valence-electron chi connectivity index (χ4n) is 6.12. The minimum absolute atomic E-state index is 0.173. The molecule has 2 unspecified atom stereocenters. The van der Waals surface area contributed by atoms with Crippen LogP contribution in [-0.4, -0.2) is 108 Å². The zero-order valence-corrected chi connectivity index (χ0v) is 30.8. The van der Waals surface area contributed by atoms with Gasteiger partial charge in [-0.05, 0) is 68.0 Å². The number of likely N-dealkylation sites (tertiary alicyclic amines) is 2. The fraction of sp³-hybridized carbons (Fsp3) is 0.500. The number of amides is 2. The van der Waals surface area contributed by atoms with Gasteiger partial charge in [0.05, 0.1) is 48.6 Å². The van der Waals surface area contributed by atoms with E-state index in [1.807, 2.05) is 0 Å². The Balaban J connectivity index is 0.000000281. The second-order valence-corrected chi connectivity index (χ2v) is 16.3. The first-order valence-corrected chi connectivity index (χ1v) is 19.9. The molecule has 280 valence electrons. The predicted octanol–water partition coefficient (Wildman–Crippen LogP) is 3.83. The highest BCUT2D eigenvalue weighted by atomic mass is 32.2. The van der Waals surface area contributed by atoms with Gasteiger partial charge in [0.25, 0.3) is 0 Å². The Bertz CT molecular complexity index is 1790. The molecule has 4 atom stereocenters. The van der Waals surface area contributed by atoms with Crippen LogP contribution in [0.1, 0.15) is 62.2 Å². The number of methoxy groups -OCH3 is 2. The molecule has 0 saturated carbocycles. The van der Waals surface area contributed by atoms with Crippen molar-refractivity contribution < 1.29 is 60.1 Å². The number of sulfone groups is 2.